The minimum atomic E-state index is -3.99. The fraction of sp³-hybridized carbons (Fsp3) is 0.462. The lowest BCUT2D eigenvalue weighted by Crippen LogP contribution is -2.50. The van der Waals surface area contributed by atoms with Crippen molar-refractivity contribution in [2.24, 2.45) is 0 Å². The van der Waals surface area contributed by atoms with Crippen molar-refractivity contribution in [1.29, 1.82) is 0 Å². The first-order valence-electron chi connectivity index (χ1n) is 6.72. The van der Waals surface area contributed by atoms with Crippen LogP contribution in [0.4, 0.5) is 13.6 Å². The van der Waals surface area contributed by atoms with Crippen LogP contribution in [0, 0.1) is 11.6 Å². The molecule has 9 heteroatoms. The molecule has 0 saturated carbocycles. The van der Waals surface area contributed by atoms with E-state index in [0.717, 1.165) is 16.4 Å². The number of rotatable bonds is 3. The Hall–Kier alpha value is -1.74. The number of benzene rings is 1. The highest BCUT2D eigenvalue weighted by molar-refractivity contribution is 7.89. The fourth-order valence-corrected chi connectivity index (χ4v) is 3.62. The fourth-order valence-electron chi connectivity index (χ4n) is 2.15. The summed E-state index contributed by atoms with van der Waals surface area (Å²) in [5, 5.41) is 0. The Morgan fingerprint density at radius 1 is 1.14 bits per heavy atom. The summed E-state index contributed by atoms with van der Waals surface area (Å²) >= 11 is 0. The SMILES string of the molecule is CCOC(=O)N1CCN(S(=O)(=O)c2cc(F)cc(F)c2)CC1. The van der Waals surface area contributed by atoms with Gasteiger partial charge in [-0.15, -0.1) is 0 Å². The van der Waals surface area contributed by atoms with Crippen LogP contribution in [0.1, 0.15) is 6.92 Å². The average molecular weight is 334 g/mol. The lowest BCUT2D eigenvalue weighted by Gasteiger charge is -2.33. The van der Waals surface area contributed by atoms with Gasteiger partial charge in [0.25, 0.3) is 0 Å². The van der Waals surface area contributed by atoms with Crippen LogP contribution >= 0.6 is 0 Å². The highest BCUT2D eigenvalue weighted by Crippen LogP contribution is 2.20. The molecule has 1 aliphatic heterocycles. The number of hydrogen-bond acceptors (Lipinski definition) is 4. The Bertz CT molecular complexity index is 638. The summed E-state index contributed by atoms with van der Waals surface area (Å²) in [6, 6.07) is 2.16. The summed E-state index contributed by atoms with van der Waals surface area (Å²) in [4.78, 5) is 12.5. The Labute approximate surface area is 127 Å². The van der Waals surface area contributed by atoms with E-state index in [9.17, 15) is 22.0 Å². The molecule has 22 heavy (non-hydrogen) atoms. The number of halogens is 2. The molecule has 0 radical (unpaired) electrons. The van der Waals surface area contributed by atoms with E-state index in [1.54, 1.807) is 6.92 Å². The van der Waals surface area contributed by atoms with Crippen LogP contribution in [0.2, 0.25) is 0 Å². The lowest BCUT2D eigenvalue weighted by atomic mass is 10.3. The minimum Gasteiger partial charge on any atom is -0.450 e. The van der Waals surface area contributed by atoms with Gasteiger partial charge in [0.05, 0.1) is 11.5 Å². The van der Waals surface area contributed by atoms with Crippen molar-refractivity contribution in [2.75, 3.05) is 32.8 Å². The molecule has 1 saturated heterocycles. The summed E-state index contributed by atoms with van der Waals surface area (Å²) < 4.78 is 57.0. The number of hydrogen-bond donors (Lipinski definition) is 0. The first-order chi connectivity index (χ1) is 10.3. The molecule has 122 valence electrons. The van der Waals surface area contributed by atoms with Crippen LogP contribution < -0.4 is 0 Å². The molecule has 2 rings (SSSR count). The zero-order valence-corrected chi connectivity index (χ0v) is 12.8. The number of carbonyl (C=O) groups excluding carboxylic acids is 1. The number of nitrogens with zero attached hydrogens (tertiary/aromatic N) is 2. The summed E-state index contributed by atoms with van der Waals surface area (Å²) in [5.41, 5.74) is 0. The quantitative estimate of drug-likeness (QED) is 0.839. The third-order valence-electron chi connectivity index (χ3n) is 3.24. The van der Waals surface area contributed by atoms with E-state index in [4.69, 9.17) is 4.74 Å². The van der Waals surface area contributed by atoms with Crippen molar-refractivity contribution in [2.45, 2.75) is 11.8 Å². The van der Waals surface area contributed by atoms with Gasteiger partial charge < -0.3 is 9.64 Å². The van der Waals surface area contributed by atoms with Crippen LogP contribution in [-0.4, -0.2) is 56.5 Å². The Morgan fingerprint density at radius 2 is 1.68 bits per heavy atom. The monoisotopic (exact) mass is 334 g/mol. The molecule has 0 aliphatic carbocycles. The van der Waals surface area contributed by atoms with Crippen molar-refractivity contribution >= 4 is 16.1 Å². The van der Waals surface area contributed by atoms with Gasteiger partial charge in [-0.3, -0.25) is 0 Å². The van der Waals surface area contributed by atoms with Crippen LogP contribution in [-0.2, 0) is 14.8 Å². The second kappa shape index (κ2) is 6.57. The van der Waals surface area contributed by atoms with E-state index >= 15 is 0 Å². The highest BCUT2D eigenvalue weighted by atomic mass is 32.2. The number of sulfonamides is 1. The van der Waals surface area contributed by atoms with E-state index in [1.807, 2.05) is 0 Å². The molecule has 1 amide bonds. The van der Waals surface area contributed by atoms with Crippen LogP contribution in [0.15, 0.2) is 23.1 Å². The number of amides is 1. The molecule has 0 N–H and O–H groups in total. The van der Waals surface area contributed by atoms with Gasteiger partial charge in [0, 0.05) is 32.2 Å². The van der Waals surface area contributed by atoms with Crippen LogP contribution in [0.3, 0.4) is 0 Å². The largest absolute Gasteiger partial charge is 0.450 e. The third kappa shape index (κ3) is 3.53. The summed E-state index contributed by atoms with van der Waals surface area (Å²) in [6.07, 6.45) is -0.503. The maximum Gasteiger partial charge on any atom is 0.409 e. The minimum absolute atomic E-state index is 0.0410. The first kappa shape index (κ1) is 16.6. The Kier molecular flexibility index (Phi) is 4.97. The third-order valence-corrected chi connectivity index (χ3v) is 5.11. The second-order valence-electron chi connectivity index (χ2n) is 4.70. The van der Waals surface area contributed by atoms with Gasteiger partial charge >= 0.3 is 6.09 Å². The summed E-state index contributed by atoms with van der Waals surface area (Å²) in [6.45, 7) is 2.32. The predicted octanol–water partition coefficient (Wildman–Crippen LogP) is 1.43. The van der Waals surface area contributed by atoms with Crippen LogP contribution in [0.5, 0.6) is 0 Å². The highest BCUT2D eigenvalue weighted by Gasteiger charge is 2.31. The topological polar surface area (TPSA) is 66.9 Å². The zero-order valence-electron chi connectivity index (χ0n) is 12.0. The van der Waals surface area contributed by atoms with E-state index < -0.39 is 32.6 Å². The Balaban J connectivity index is 2.11. The summed E-state index contributed by atoms with van der Waals surface area (Å²) in [5.74, 6) is -1.91. The lowest BCUT2D eigenvalue weighted by molar-refractivity contribution is 0.0934. The van der Waals surface area contributed by atoms with Gasteiger partial charge in [-0.25, -0.2) is 22.0 Å². The molecule has 0 aromatic heterocycles. The van der Waals surface area contributed by atoms with Crippen LogP contribution in [0.25, 0.3) is 0 Å². The molecule has 0 atom stereocenters. The molecule has 0 bridgehead atoms. The van der Waals surface area contributed by atoms with Crippen molar-refractivity contribution in [3.8, 4) is 0 Å². The number of ether oxygens (including phenoxy) is 1. The van der Waals surface area contributed by atoms with Gasteiger partial charge in [0.1, 0.15) is 11.6 Å². The first-order valence-corrected chi connectivity index (χ1v) is 8.16. The van der Waals surface area contributed by atoms with E-state index in [0.29, 0.717) is 6.07 Å². The standard InChI is InChI=1S/C13H16F2N2O4S/c1-2-21-13(18)16-3-5-17(6-4-16)22(19,20)12-8-10(14)7-11(15)9-12/h7-9H,2-6H2,1H3. The Morgan fingerprint density at radius 3 is 2.18 bits per heavy atom. The molecule has 1 fully saturated rings. The molecule has 1 aromatic carbocycles. The molecule has 1 heterocycles. The van der Waals surface area contributed by atoms with Gasteiger partial charge in [-0.05, 0) is 19.1 Å². The normalized spacial score (nSPS) is 16.6. The van der Waals surface area contributed by atoms with Crippen molar-refractivity contribution in [3.05, 3.63) is 29.8 Å². The summed E-state index contributed by atoms with van der Waals surface area (Å²) in [7, 11) is -3.99. The molecular formula is C13H16F2N2O4S. The van der Waals surface area contributed by atoms with Gasteiger partial charge in [-0.1, -0.05) is 0 Å². The average Bonchev–Trinajstić information content (AvgIpc) is 2.46. The molecule has 0 unspecified atom stereocenters. The van der Waals surface area contributed by atoms with Gasteiger partial charge in [0.2, 0.25) is 10.0 Å². The number of piperazine rings is 1. The second-order valence-corrected chi connectivity index (χ2v) is 6.63. The zero-order chi connectivity index (χ0) is 16.3. The van der Waals surface area contributed by atoms with Gasteiger partial charge in [0.15, 0.2) is 0 Å². The van der Waals surface area contributed by atoms with Gasteiger partial charge in [-0.2, -0.15) is 4.31 Å². The predicted molar refractivity (Wildman–Crippen MR) is 73.7 cm³/mol. The van der Waals surface area contributed by atoms with E-state index in [-0.39, 0.29) is 32.8 Å². The van der Waals surface area contributed by atoms with E-state index in [1.165, 1.54) is 4.90 Å². The van der Waals surface area contributed by atoms with Crippen molar-refractivity contribution in [3.63, 3.8) is 0 Å². The molecule has 0 spiro atoms. The molecule has 6 nitrogen and oxygen atoms in total. The van der Waals surface area contributed by atoms with Crippen molar-refractivity contribution in [1.82, 2.24) is 9.21 Å². The van der Waals surface area contributed by atoms with Crippen molar-refractivity contribution < 1.29 is 26.7 Å². The molecule has 1 aliphatic rings. The molecule has 1 aromatic rings. The number of carbonyl (C=O) groups is 1. The maximum absolute atomic E-state index is 13.2. The van der Waals surface area contributed by atoms with E-state index in [2.05, 4.69) is 0 Å². The smallest absolute Gasteiger partial charge is 0.409 e. The molecular weight excluding hydrogens is 318 g/mol. The maximum atomic E-state index is 13.2.